The Kier molecular flexibility index (Phi) is 3.57. The van der Waals surface area contributed by atoms with E-state index in [-0.39, 0.29) is 0 Å². The molecule has 1 aliphatic heterocycles. The van der Waals surface area contributed by atoms with Gasteiger partial charge in [-0.05, 0) is 52.5 Å². The summed E-state index contributed by atoms with van der Waals surface area (Å²) >= 11 is 0. The summed E-state index contributed by atoms with van der Waals surface area (Å²) in [6.45, 7) is 9.44. The molecule has 3 nitrogen and oxygen atoms in total. The van der Waals surface area contributed by atoms with Crippen molar-refractivity contribution in [3.05, 3.63) is 18.2 Å². The van der Waals surface area contributed by atoms with E-state index in [0.717, 1.165) is 5.92 Å². The van der Waals surface area contributed by atoms with Crippen LogP contribution in [0, 0.1) is 5.92 Å². The van der Waals surface area contributed by atoms with Crippen LogP contribution in [0.4, 0.5) is 0 Å². The average Bonchev–Trinajstić information content (AvgIpc) is 2.64. The Hall–Kier alpha value is -0.830. The molecule has 1 aromatic rings. The van der Waals surface area contributed by atoms with Gasteiger partial charge in [0.05, 0.1) is 6.33 Å². The summed E-state index contributed by atoms with van der Waals surface area (Å²) in [5, 5.41) is 0. The highest BCUT2D eigenvalue weighted by atomic mass is 15.2. The van der Waals surface area contributed by atoms with E-state index < -0.39 is 0 Å². The zero-order chi connectivity index (χ0) is 12.5. The fraction of sp³-hybridized carbons (Fsp3) is 0.786. The third-order valence-corrected chi connectivity index (χ3v) is 3.88. The molecule has 2 heterocycles. The molecule has 1 aromatic heterocycles. The Morgan fingerprint density at radius 3 is 2.76 bits per heavy atom. The number of aryl methyl sites for hydroxylation is 1. The summed E-state index contributed by atoms with van der Waals surface area (Å²) in [6.07, 6.45) is 7.77. The van der Waals surface area contributed by atoms with Gasteiger partial charge in [0.2, 0.25) is 0 Å². The standard InChI is InChI=1S/C14H25N3/c1-14(2,3)17-7-5-6-12(10-17)8-13-9-15-11-16(13)4/h9,11-12H,5-8,10H2,1-4H3/t12-/m0/s1. The van der Waals surface area contributed by atoms with E-state index in [2.05, 4.69) is 42.3 Å². The van der Waals surface area contributed by atoms with Crippen molar-refractivity contribution in [1.82, 2.24) is 14.5 Å². The van der Waals surface area contributed by atoms with Crippen LogP contribution in [0.1, 0.15) is 39.3 Å². The Morgan fingerprint density at radius 2 is 2.18 bits per heavy atom. The third kappa shape index (κ3) is 3.09. The molecule has 0 bridgehead atoms. The highest BCUT2D eigenvalue weighted by molar-refractivity contribution is 5.00. The van der Waals surface area contributed by atoms with Crippen molar-refractivity contribution in [3.8, 4) is 0 Å². The molecule has 0 amide bonds. The molecule has 3 heteroatoms. The topological polar surface area (TPSA) is 21.1 Å². The number of imidazole rings is 1. The van der Waals surface area contributed by atoms with Gasteiger partial charge in [-0.2, -0.15) is 0 Å². The summed E-state index contributed by atoms with van der Waals surface area (Å²) in [5.41, 5.74) is 1.68. The van der Waals surface area contributed by atoms with Crippen molar-refractivity contribution in [3.63, 3.8) is 0 Å². The highest BCUT2D eigenvalue weighted by Crippen LogP contribution is 2.25. The largest absolute Gasteiger partial charge is 0.338 e. The minimum Gasteiger partial charge on any atom is -0.338 e. The Balaban J connectivity index is 1.96. The summed E-state index contributed by atoms with van der Waals surface area (Å²) in [7, 11) is 2.09. The average molecular weight is 235 g/mol. The molecule has 17 heavy (non-hydrogen) atoms. The van der Waals surface area contributed by atoms with E-state index in [1.807, 2.05) is 12.5 Å². The molecule has 0 radical (unpaired) electrons. The third-order valence-electron chi connectivity index (χ3n) is 3.88. The normalized spacial score (nSPS) is 22.9. The van der Waals surface area contributed by atoms with Gasteiger partial charge in [0.1, 0.15) is 0 Å². The van der Waals surface area contributed by atoms with Crippen LogP contribution in [0.2, 0.25) is 0 Å². The van der Waals surface area contributed by atoms with Crippen molar-refractivity contribution in [1.29, 1.82) is 0 Å². The van der Waals surface area contributed by atoms with E-state index in [1.54, 1.807) is 0 Å². The molecule has 1 atom stereocenters. The van der Waals surface area contributed by atoms with E-state index in [4.69, 9.17) is 0 Å². The fourth-order valence-electron chi connectivity index (χ4n) is 2.72. The highest BCUT2D eigenvalue weighted by Gasteiger charge is 2.28. The van der Waals surface area contributed by atoms with E-state index >= 15 is 0 Å². The van der Waals surface area contributed by atoms with Gasteiger partial charge < -0.3 is 4.57 Å². The molecular weight excluding hydrogens is 210 g/mol. The zero-order valence-corrected chi connectivity index (χ0v) is 11.6. The van der Waals surface area contributed by atoms with Gasteiger partial charge in [-0.15, -0.1) is 0 Å². The van der Waals surface area contributed by atoms with Crippen LogP contribution in [0.3, 0.4) is 0 Å². The van der Waals surface area contributed by atoms with Crippen molar-refractivity contribution in [2.24, 2.45) is 13.0 Å². The summed E-state index contributed by atoms with van der Waals surface area (Å²) in [5.74, 6) is 0.790. The van der Waals surface area contributed by atoms with Crippen LogP contribution in [0.5, 0.6) is 0 Å². The van der Waals surface area contributed by atoms with E-state index in [9.17, 15) is 0 Å². The first kappa shape index (κ1) is 12.6. The van der Waals surface area contributed by atoms with Crippen LogP contribution >= 0.6 is 0 Å². The van der Waals surface area contributed by atoms with Gasteiger partial charge in [-0.3, -0.25) is 4.90 Å². The Morgan fingerprint density at radius 1 is 1.41 bits per heavy atom. The second-order valence-electron chi connectivity index (χ2n) is 6.33. The monoisotopic (exact) mass is 235 g/mol. The van der Waals surface area contributed by atoms with E-state index in [0.29, 0.717) is 5.54 Å². The van der Waals surface area contributed by atoms with Gasteiger partial charge in [0, 0.05) is 31.0 Å². The number of rotatable bonds is 2. The van der Waals surface area contributed by atoms with Crippen LogP contribution < -0.4 is 0 Å². The molecule has 0 aliphatic carbocycles. The number of aromatic nitrogens is 2. The molecule has 1 fully saturated rings. The minimum absolute atomic E-state index is 0.311. The number of nitrogens with zero attached hydrogens (tertiary/aromatic N) is 3. The second kappa shape index (κ2) is 4.81. The van der Waals surface area contributed by atoms with Gasteiger partial charge in [0.25, 0.3) is 0 Å². The van der Waals surface area contributed by atoms with Crippen LogP contribution in [0.15, 0.2) is 12.5 Å². The Labute approximate surface area is 105 Å². The molecule has 96 valence electrons. The lowest BCUT2D eigenvalue weighted by molar-refractivity contribution is 0.0785. The van der Waals surface area contributed by atoms with Crippen LogP contribution in [-0.4, -0.2) is 33.1 Å². The molecule has 2 rings (SSSR count). The van der Waals surface area contributed by atoms with Crippen molar-refractivity contribution in [2.75, 3.05) is 13.1 Å². The zero-order valence-electron chi connectivity index (χ0n) is 11.6. The van der Waals surface area contributed by atoms with Crippen LogP contribution in [-0.2, 0) is 13.5 Å². The number of piperidine rings is 1. The number of hydrogen-bond acceptors (Lipinski definition) is 2. The number of likely N-dealkylation sites (tertiary alicyclic amines) is 1. The molecule has 1 saturated heterocycles. The number of hydrogen-bond donors (Lipinski definition) is 0. The molecule has 0 spiro atoms. The molecule has 0 N–H and O–H groups in total. The summed E-state index contributed by atoms with van der Waals surface area (Å²) in [6, 6.07) is 0. The molecular formula is C14H25N3. The fourth-order valence-corrected chi connectivity index (χ4v) is 2.72. The van der Waals surface area contributed by atoms with Gasteiger partial charge in [-0.25, -0.2) is 4.98 Å². The van der Waals surface area contributed by atoms with E-state index in [1.165, 1.54) is 38.0 Å². The second-order valence-corrected chi connectivity index (χ2v) is 6.33. The first-order valence-corrected chi connectivity index (χ1v) is 6.67. The van der Waals surface area contributed by atoms with Crippen LogP contribution in [0.25, 0.3) is 0 Å². The lowest BCUT2D eigenvalue weighted by atomic mass is 9.90. The molecule has 0 unspecified atom stereocenters. The summed E-state index contributed by atoms with van der Waals surface area (Å²) in [4.78, 5) is 6.83. The predicted molar refractivity (Wildman–Crippen MR) is 71.0 cm³/mol. The maximum Gasteiger partial charge on any atom is 0.0945 e. The molecule has 0 saturated carbocycles. The van der Waals surface area contributed by atoms with Crippen molar-refractivity contribution < 1.29 is 0 Å². The lowest BCUT2D eigenvalue weighted by Crippen LogP contribution is -2.47. The summed E-state index contributed by atoms with van der Waals surface area (Å²) < 4.78 is 2.15. The molecule has 0 aromatic carbocycles. The van der Waals surface area contributed by atoms with Gasteiger partial charge in [0.15, 0.2) is 0 Å². The van der Waals surface area contributed by atoms with Gasteiger partial charge >= 0.3 is 0 Å². The van der Waals surface area contributed by atoms with Gasteiger partial charge in [-0.1, -0.05) is 0 Å². The first-order chi connectivity index (χ1) is 7.97. The first-order valence-electron chi connectivity index (χ1n) is 6.67. The van der Waals surface area contributed by atoms with Crippen molar-refractivity contribution >= 4 is 0 Å². The minimum atomic E-state index is 0.311. The Bertz CT molecular complexity index is 362. The lowest BCUT2D eigenvalue weighted by Gasteiger charge is -2.41. The molecule has 1 aliphatic rings. The maximum atomic E-state index is 4.20. The smallest absolute Gasteiger partial charge is 0.0945 e. The predicted octanol–water partition coefficient (Wildman–Crippen LogP) is 2.47. The maximum absolute atomic E-state index is 4.20. The SMILES string of the molecule is Cn1cncc1C[C@@H]1CCCN(C(C)(C)C)C1. The quantitative estimate of drug-likeness (QED) is 0.785. The van der Waals surface area contributed by atoms with Crippen molar-refractivity contribution in [2.45, 2.75) is 45.6 Å².